The molecule has 0 aliphatic heterocycles. The van der Waals surface area contributed by atoms with Gasteiger partial charge >= 0.3 is 170 Å². The van der Waals surface area contributed by atoms with Crippen LogP contribution in [-0.4, -0.2) is 64.2 Å². The molecule has 0 aliphatic rings. The van der Waals surface area contributed by atoms with Crippen molar-refractivity contribution in [2.45, 2.75) is 86.5 Å². The van der Waals surface area contributed by atoms with Gasteiger partial charge in [0.2, 0.25) is 0 Å². The van der Waals surface area contributed by atoms with Crippen molar-refractivity contribution in [3.8, 4) is 0 Å². The first-order valence-electron chi connectivity index (χ1n) is 11.1. The van der Waals surface area contributed by atoms with Crippen molar-refractivity contribution in [3.05, 3.63) is 9.56 Å². The zero-order chi connectivity index (χ0) is 19.8. The number of likely N-dealkylation sites (N-methyl/N-ethyl adjacent to an activating group) is 1. The molecule has 0 atom stereocenters. The van der Waals surface area contributed by atoms with Gasteiger partial charge in [0.1, 0.15) is 0 Å². The van der Waals surface area contributed by atoms with Gasteiger partial charge < -0.3 is 0 Å². The topological polar surface area (TPSA) is 21.7 Å². The van der Waals surface area contributed by atoms with Gasteiger partial charge in [0.05, 0.1) is 0 Å². The first kappa shape index (κ1) is 26.5. The first-order chi connectivity index (χ1) is 12.5. The maximum atomic E-state index is 5.92. The number of hydrogen-bond donors (Lipinski definition) is 0. The molecule has 0 bridgehead atoms. The summed E-state index contributed by atoms with van der Waals surface area (Å²) in [4.78, 5) is 2.36. The fraction of sp³-hybridized carbons (Fsp3) is 0.905. The second-order valence-electron chi connectivity index (χ2n) is 7.80. The molecule has 0 amide bonds. The molecule has 0 N–H and O–H groups in total. The van der Waals surface area contributed by atoms with E-state index in [1.807, 2.05) is 0 Å². The molecule has 0 rings (SSSR count). The molecule has 3 nitrogen and oxygen atoms in total. The van der Waals surface area contributed by atoms with Gasteiger partial charge in [0.25, 0.3) is 0 Å². The molecule has 0 aromatic carbocycles. The van der Waals surface area contributed by atoms with E-state index in [0.717, 1.165) is 6.54 Å². The van der Waals surface area contributed by atoms with E-state index < -0.39 is 18.4 Å². The van der Waals surface area contributed by atoms with Gasteiger partial charge in [0, 0.05) is 0 Å². The third kappa shape index (κ3) is 10.7. The van der Waals surface area contributed by atoms with Crippen LogP contribution in [0.4, 0.5) is 0 Å². The van der Waals surface area contributed by atoms with E-state index >= 15 is 0 Å². The average Bonchev–Trinajstić information content (AvgIpc) is 2.61. The molecular weight excluding hydrogens is 428 g/mol. The fourth-order valence-electron chi connectivity index (χ4n) is 3.78. The summed E-state index contributed by atoms with van der Waals surface area (Å²) in [5, 5.41) is 0. The predicted molar refractivity (Wildman–Crippen MR) is 121 cm³/mol. The van der Waals surface area contributed by atoms with Crippen molar-refractivity contribution in [3.63, 3.8) is 0 Å². The summed E-state index contributed by atoms with van der Waals surface area (Å²) in [5.41, 5.74) is 0. The van der Waals surface area contributed by atoms with Crippen molar-refractivity contribution in [1.82, 2.24) is 4.90 Å². The quantitative estimate of drug-likeness (QED) is 0.243. The Morgan fingerprint density at radius 3 is 1.54 bits per heavy atom. The van der Waals surface area contributed by atoms with Crippen LogP contribution in [0, 0.1) is 0 Å². The molecule has 0 radical (unpaired) electrons. The minimum absolute atomic E-state index is 0.166. The molecule has 0 spiro atoms. The van der Waals surface area contributed by atoms with Gasteiger partial charge in [-0.3, -0.25) is 0 Å². The molecule has 0 saturated carbocycles. The van der Waals surface area contributed by atoms with E-state index in [9.17, 15) is 0 Å². The van der Waals surface area contributed by atoms with E-state index in [2.05, 4.69) is 59.6 Å². The molecule has 0 heterocycles. The molecule has 0 fully saturated rings. The molecule has 26 heavy (non-hydrogen) atoms. The average molecular weight is 474 g/mol. The zero-order valence-electron chi connectivity index (χ0n) is 18.9. The van der Waals surface area contributed by atoms with E-state index in [1.54, 1.807) is 3.59 Å². The van der Waals surface area contributed by atoms with E-state index in [0.29, 0.717) is 13.2 Å². The molecular formula is C21H46BNO2Sn. The summed E-state index contributed by atoms with van der Waals surface area (Å²) in [7, 11) is 4.25. The normalized spacial score (nSPS) is 12.8. The van der Waals surface area contributed by atoms with Crippen molar-refractivity contribution < 1.29 is 9.31 Å². The summed E-state index contributed by atoms with van der Waals surface area (Å²) in [6, 6.07) is 0. The zero-order valence-corrected chi connectivity index (χ0v) is 21.8. The molecule has 0 aromatic heterocycles. The molecule has 0 saturated heterocycles. The molecule has 0 unspecified atom stereocenters. The Morgan fingerprint density at radius 2 is 1.23 bits per heavy atom. The van der Waals surface area contributed by atoms with Gasteiger partial charge in [0.15, 0.2) is 0 Å². The number of unbranched alkanes of at least 4 members (excludes halogenated alkanes) is 3. The van der Waals surface area contributed by atoms with Gasteiger partial charge in [-0.25, -0.2) is 0 Å². The van der Waals surface area contributed by atoms with E-state index in [1.165, 1.54) is 51.8 Å². The van der Waals surface area contributed by atoms with Crippen LogP contribution in [0.15, 0.2) is 9.56 Å². The molecule has 154 valence electrons. The van der Waals surface area contributed by atoms with Crippen molar-refractivity contribution >= 4 is 25.5 Å². The van der Waals surface area contributed by atoms with Crippen LogP contribution in [0.2, 0.25) is 13.3 Å². The van der Waals surface area contributed by atoms with E-state index in [4.69, 9.17) is 9.31 Å². The Labute approximate surface area is 169 Å². The third-order valence-corrected chi connectivity index (χ3v) is 21.2. The number of hydrogen-bond acceptors (Lipinski definition) is 3. The van der Waals surface area contributed by atoms with Gasteiger partial charge in [-0.2, -0.15) is 0 Å². The van der Waals surface area contributed by atoms with Crippen LogP contribution in [0.3, 0.4) is 0 Å². The Balaban J connectivity index is 5.89. The van der Waals surface area contributed by atoms with Crippen LogP contribution in [0.5, 0.6) is 0 Å². The number of nitrogens with zero attached hydrogens (tertiary/aromatic N) is 1. The van der Waals surface area contributed by atoms with Gasteiger partial charge in [-0.15, -0.1) is 0 Å². The molecule has 0 aromatic rings. The SMILES string of the molecule is CCC[CH2][Sn]([CH2]CCC)([CH2]CCC)/[C](=C\B(OCC)OCC)CN(C)C. The summed E-state index contributed by atoms with van der Waals surface area (Å²) in [5.74, 6) is 2.41. The van der Waals surface area contributed by atoms with Crippen LogP contribution in [0.1, 0.15) is 73.1 Å². The van der Waals surface area contributed by atoms with Crippen molar-refractivity contribution in [2.75, 3.05) is 33.9 Å². The van der Waals surface area contributed by atoms with E-state index in [-0.39, 0.29) is 7.12 Å². The van der Waals surface area contributed by atoms with Crippen LogP contribution < -0.4 is 0 Å². The Hall–Kier alpha value is 0.484. The van der Waals surface area contributed by atoms with Crippen LogP contribution >= 0.6 is 0 Å². The maximum absolute atomic E-state index is 5.92. The fourth-order valence-corrected chi connectivity index (χ4v) is 20.7. The van der Waals surface area contributed by atoms with Gasteiger partial charge in [-0.1, -0.05) is 0 Å². The third-order valence-electron chi connectivity index (χ3n) is 5.19. The Kier molecular flexibility index (Phi) is 16.7. The second kappa shape index (κ2) is 16.4. The molecule has 0 aliphatic carbocycles. The number of rotatable bonds is 17. The Bertz CT molecular complexity index is 336. The van der Waals surface area contributed by atoms with Crippen molar-refractivity contribution in [1.29, 1.82) is 0 Å². The first-order valence-corrected chi connectivity index (χ1v) is 18.6. The second-order valence-corrected chi connectivity index (χ2v) is 21.2. The standard InChI is InChI=1S/C9H19BNO2.3C4H9.Sn/c1-5-12-10(13-6-2)8-7-9-11(3)4;3*1-3-4-2;/h8H,5-6,9H2,1-4H3;3*1,3-4H2,2H3;. The monoisotopic (exact) mass is 475 g/mol. The minimum atomic E-state index is -2.43. The summed E-state index contributed by atoms with van der Waals surface area (Å²) >= 11 is -2.43. The Morgan fingerprint density at radius 1 is 0.808 bits per heavy atom. The van der Waals surface area contributed by atoms with Crippen LogP contribution in [-0.2, 0) is 9.31 Å². The van der Waals surface area contributed by atoms with Crippen LogP contribution in [0.25, 0.3) is 0 Å². The van der Waals surface area contributed by atoms with Crippen molar-refractivity contribution in [2.24, 2.45) is 0 Å². The summed E-state index contributed by atoms with van der Waals surface area (Å²) in [6.45, 7) is 13.7. The summed E-state index contributed by atoms with van der Waals surface area (Å²) < 4.78 is 18.1. The predicted octanol–water partition coefficient (Wildman–Crippen LogP) is 5.96. The van der Waals surface area contributed by atoms with Gasteiger partial charge in [-0.05, 0) is 0 Å². The summed E-state index contributed by atoms with van der Waals surface area (Å²) in [6.07, 6.45) is 8.11. The molecule has 5 heteroatoms.